The minimum atomic E-state index is -3.30. The van der Waals surface area contributed by atoms with Crippen LogP contribution in [0.2, 0.25) is 5.02 Å². The maximum Gasteiger partial charge on any atom is 0.237 e. The summed E-state index contributed by atoms with van der Waals surface area (Å²) in [6, 6.07) is 7.79. The van der Waals surface area contributed by atoms with Crippen LogP contribution in [0.25, 0.3) is 0 Å². The molecular weight excluding hydrogens is 372 g/mol. The SMILES string of the molecule is CCCCCS(=O)(=O)CC(=O)N1CCCN(Cc2ccc(Cl)cc2)CC1. The van der Waals surface area contributed by atoms with Gasteiger partial charge in [-0.25, -0.2) is 8.42 Å². The number of benzene rings is 1. The van der Waals surface area contributed by atoms with Crippen LogP contribution in [-0.2, 0) is 21.2 Å². The third kappa shape index (κ3) is 7.25. The van der Waals surface area contributed by atoms with E-state index in [2.05, 4.69) is 4.90 Å². The van der Waals surface area contributed by atoms with Crippen LogP contribution >= 0.6 is 11.6 Å². The van der Waals surface area contributed by atoms with Crippen molar-refractivity contribution in [1.82, 2.24) is 9.80 Å². The topological polar surface area (TPSA) is 57.7 Å². The molecule has 0 aromatic heterocycles. The molecule has 1 amide bonds. The van der Waals surface area contributed by atoms with Gasteiger partial charge in [-0.15, -0.1) is 0 Å². The summed E-state index contributed by atoms with van der Waals surface area (Å²) in [4.78, 5) is 16.4. The summed E-state index contributed by atoms with van der Waals surface area (Å²) in [7, 11) is -3.30. The molecule has 0 spiro atoms. The van der Waals surface area contributed by atoms with Gasteiger partial charge in [-0.05, 0) is 30.5 Å². The second kappa shape index (κ2) is 10.3. The van der Waals surface area contributed by atoms with Crippen LogP contribution in [0.5, 0.6) is 0 Å². The number of hydrogen-bond acceptors (Lipinski definition) is 4. The Morgan fingerprint density at radius 2 is 1.81 bits per heavy atom. The van der Waals surface area contributed by atoms with Gasteiger partial charge in [-0.1, -0.05) is 43.5 Å². The maximum atomic E-state index is 12.4. The Balaban J connectivity index is 1.83. The summed E-state index contributed by atoms with van der Waals surface area (Å²) >= 11 is 5.92. The van der Waals surface area contributed by atoms with Crippen LogP contribution in [0.3, 0.4) is 0 Å². The number of unbranched alkanes of at least 4 members (excludes halogenated alkanes) is 2. The molecule has 1 heterocycles. The molecule has 7 heteroatoms. The number of rotatable bonds is 8. The standard InChI is InChI=1S/C19H29ClN2O3S/c1-2-3-4-14-26(24,25)16-19(23)22-11-5-10-21(12-13-22)15-17-6-8-18(20)9-7-17/h6-9H,2-5,10-16H2,1H3. The summed E-state index contributed by atoms with van der Waals surface area (Å²) in [6.07, 6.45) is 3.35. The molecule has 0 radical (unpaired) electrons. The van der Waals surface area contributed by atoms with Gasteiger partial charge in [-0.2, -0.15) is 0 Å². The van der Waals surface area contributed by atoms with Gasteiger partial charge in [0.05, 0.1) is 5.75 Å². The first-order valence-electron chi connectivity index (χ1n) is 9.34. The summed E-state index contributed by atoms with van der Waals surface area (Å²) in [5.41, 5.74) is 1.19. The van der Waals surface area contributed by atoms with E-state index in [1.165, 1.54) is 5.56 Å². The average Bonchev–Trinajstić information content (AvgIpc) is 2.82. The third-order valence-electron chi connectivity index (χ3n) is 4.66. The molecule has 0 N–H and O–H groups in total. The van der Waals surface area contributed by atoms with Crippen LogP contribution in [-0.4, -0.2) is 61.8 Å². The zero-order valence-electron chi connectivity index (χ0n) is 15.5. The minimum Gasteiger partial charge on any atom is -0.340 e. The first kappa shape index (κ1) is 21.2. The molecule has 0 aliphatic carbocycles. The van der Waals surface area contributed by atoms with Crippen LogP contribution in [0.1, 0.15) is 38.2 Å². The molecule has 1 fully saturated rings. The molecule has 1 saturated heterocycles. The zero-order valence-corrected chi connectivity index (χ0v) is 17.1. The first-order chi connectivity index (χ1) is 12.4. The van der Waals surface area contributed by atoms with E-state index in [9.17, 15) is 13.2 Å². The minimum absolute atomic E-state index is 0.114. The van der Waals surface area contributed by atoms with E-state index in [4.69, 9.17) is 11.6 Å². The fourth-order valence-electron chi connectivity index (χ4n) is 3.15. The largest absolute Gasteiger partial charge is 0.340 e. The Bertz CT molecular complexity index is 677. The third-order valence-corrected chi connectivity index (χ3v) is 6.51. The summed E-state index contributed by atoms with van der Waals surface area (Å²) in [6.45, 7) is 5.70. The smallest absolute Gasteiger partial charge is 0.237 e. The molecular formula is C19H29ClN2O3S. The Labute approximate surface area is 162 Å². The average molecular weight is 401 g/mol. The molecule has 0 atom stereocenters. The number of carbonyl (C=O) groups excluding carboxylic acids is 1. The molecule has 1 aliphatic heterocycles. The van der Waals surface area contributed by atoms with Crippen molar-refractivity contribution in [1.29, 1.82) is 0 Å². The van der Waals surface area contributed by atoms with Crippen LogP contribution in [0, 0.1) is 0 Å². The van der Waals surface area contributed by atoms with E-state index in [-0.39, 0.29) is 17.4 Å². The highest BCUT2D eigenvalue weighted by atomic mass is 35.5. The van der Waals surface area contributed by atoms with Crippen molar-refractivity contribution in [3.8, 4) is 0 Å². The number of nitrogens with zero attached hydrogens (tertiary/aromatic N) is 2. The zero-order chi connectivity index (χ0) is 19.0. The number of halogens is 1. The molecule has 5 nitrogen and oxygen atoms in total. The van der Waals surface area contributed by atoms with Gasteiger partial charge < -0.3 is 4.90 Å². The van der Waals surface area contributed by atoms with Crippen LogP contribution in [0.15, 0.2) is 24.3 Å². The highest BCUT2D eigenvalue weighted by molar-refractivity contribution is 7.92. The van der Waals surface area contributed by atoms with Crippen molar-refractivity contribution in [2.75, 3.05) is 37.7 Å². The maximum absolute atomic E-state index is 12.4. The molecule has 1 aliphatic rings. The quantitative estimate of drug-likeness (QED) is 0.629. The number of sulfone groups is 1. The molecule has 26 heavy (non-hydrogen) atoms. The highest BCUT2D eigenvalue weighted by Crippen LogP contribution is 2.13. The van der Waals surface area contributed by atoms with Gasteiger partial charge in [0.1, 0.15) is 5.75 Å². The normalized spacial score (nSPS) is 16.5. The lowest BCUT2D eigenvalue weighted by atomic mass is 10.2. The molecule has 146 valence electrons. The van der Waals surface area contributed by atoms with Gasteiger partial charge in [-0.3, -0.25) is 9.69 Å². The van der Waals surface area contributed by atoms with Crippen molar-refractivity contribution in [3.05, 3.63) is 34.9 Å². The Kier molecular flexibility index (Phi) is 8.38. The lowest BCUT2D eigenvalue weighted by Crippen LogP contribution is -2.39. The van der Waals surface area contributed by atoms with E-state index in [1.54, 1.807) is 4.90 Å². The van der Waals surface area contributed by atoms with Crippen LogP contribution < -0.4 is 0 Å². The van der Waals surface area contributed by atoms with Gasteiger partial charge in [0, 0.05) is 37.7 Å². The monoisotopic (exact) mass is 400 g/mol. The summed E-state index contributed by atoms with van der Waals surface area (Å²) < 4.78 is 24.2. The second-order valence-corrected chi connectivity index (χ2v) is 9.56. The van der Waals surface area contributed by atoms with Crippen molar-refractivity contribution in [2.24, 2.45) is 0 Å². The van der Waals surface area contributed by atoms with Gasteiger partial charge in [0.2, 0.25) is 5.91 Å². The van der Waals surface area contributed by atoms with E-state index in [1.807, 2.05) is 31.2 Å². The summed E-state index contributed by atoms with van der Waals surface area (Å²) in [5, 5.41) is 0.724. The lowest BCUT2D eigenvalue weighted by Gasteiger charge is -2.22. The molecule has 0 unspecified atom stereocenters. The predicted octanol–water partition coefficient (Wildman–Crippen LogP) is 2.98. The van der Waals surface area contributed by atoms with Crippen molar-refractivity contribution in [3.63, 3.8) is 0 Å². The Morgan fingerprint density at radius 1 is 1.08 bits per heavy atom. The van der Waals surface area contributed by atoms with Crippen molar-refractivity contribution in [2.45, 2.75) is 39.2 Å². The van der Waals surface area contributed by atoms with E-state index >= 15 is 0 Å². The molecule has 2 rings (SSSR count). The van der Waals surface area contributed by atoms with E-state index in [0.717, 1.165) is 43.9 Å². The number of hydrogen-bond donors (Lipinski definition) is 0. The molecule has 1 aromatic carbocycles. The first-order valence-corrected chi connectivity index (χ1v) is 11.5. The van der Waals surface area contributed by atoms with Gasteiger partial charge in [0.15, 0.2) is 9.84 Å². The van der Waals surface area contributed by atoms with Gasteiger partial charge in [0.25, 0.3) is 0 Å². The predicted molar refractivity (Wildman–Crippen MR) is 106 cm³/mol. The Hall–Kier alpha value is -1.11. The molecule has 1 aromatic rings. The molecule has 0 bridgehead atoms. The number of amides is 1. The van der Waals surface area contributed by atoms with Gasteiger partial charge >= 0.3 is 0 Å². The Morgan fingerprint density at radius 3 is 2.50 bits per heavy atom. The highest BCUT2D eigenvalue weighted by Gasteiger charge is 2.23. The number of carbonyl (C=O) groups is 1. The van der Waals surface area contributed by atoms with Crippen molar-refractivity contribution >= 4 is 27.3 Å². The fourth-order valence-corrected chi connectivity index (χ4v) is 4.62. The molecule has 0 saturated carbocycles. The van der Waals surface area contributed by atoms with E-state index in [0.29, 0.717) is 19.5 Å². The lowest BCUT2D eigenvalue weighted by molar-refractivity contribution is -0.128. The summed E-state index contributed by atoms with van der Waals surface area (Å²) in [5.74, 6) is -0.494. The van der Waals surface area contributed by atoms with Crippen molar-refractivity contribution < 1.29 is 13.2 Å². The second-order valence-electron chi connectivity index (χ2n) is 6.94. The van der Waals surface area contributed by atoms with Crippen LogP contribution in [0.4, 0.5) is 0 Å². The fraction of sp³-hybridized carbons (Fsp3) is 0.632. The van der Waals surface area contributed by atoms with E-state index < -0.39 is 9.84 Å².